The van der Waals surface area contributed by atoms with E-state index in [4.69, 9.17) is 31.5 Å². The van der Waals surface area contributed by atoms with Crippen molar-refractivity contribution in [2.45, 2.75) is 12.5 Å². The first kappa shape index (κ1) is 25.4. The highest BCUT2D eigenvalue weighted by Crippen LogP contribution is 2.43. The number of nitrogens with two attached hydrogens (primary N) is 1. The van der Waals surface area contributed by atoms with Gasteiger partial charge in [0.05, 0.1) is 11.5 Å². The van der Waals surface area contributed by atoms with Crippen LogP contribution in [-0.2, 0) is 6.61 Å². The second kappa shape index (κ2) is 11.0. The lowest BCUT2D eigenvalue weighted by atomic mass is 9.83. The maximum Gasteiger partial charge on any atom is 0.344 e. The second-order valence-electron chi connectivity index (χ2n) is 8.44. The number of esters is 1. The molecule has 1 heterocycles. The summed E-state index contributed by atoms with van der Waals surface area (Å²) in [6, 6.07) is 29.1. The molecule has 188 valence electrons. The summed E-state index contributed by atoms with van der Waals surface area (Å²) in [6.07, 6.45) is 0. The lowest BCUT2D eigenvalue weighted by molar-refractivity contribution is 0.0733. The molecule has 0 aliphatic carbocycles. The monoisotopic (exact) mass is 586 g/mol. The highest BCUT2D eigenvalue weighted by molar-refractivity contribution is 9.10. The van der Waals surface area contributed by atoms with Crippen LogP contribution in [0.15, 0.2) is 107 Å². The first-order chi connectivity index (χ1) is 18.4. The first-order valence-electron chi connectivity index (χ1n) is 11.6. The van der Waals surface area contributed by atoms with Crippen LogP contribution in [0.1, 0.15) is 33.0 Å². The summed E-state index contributed by atoms with van der Waals surface area (Å²) in [4.78, 5) is 12.7. The molecule has 0 fully saturated rings. The molecule has 0 amide bonds. The van der Waals surface area contributed by atoms with Crippen molar-refractivity contribution in [2.24, 2.45) is 5.73 Å². The molecule has 0 radical (unpaired) electrons. The summed E-state index contributed by atoms with van der Waals surface area (Å²) < 4.78 is 17.8. The van der Waals surface area contributed by atoms with Crippen molar-refractivity contribution in [1.82, 2.24) is 0 Å². The van der Waals surface area contributed by atoms with Crippen LogP contribution in [0, 0.1) is 11.3 Å². The Hall–Kier alpha value is -4.25. The Morgan fingerprint density at radius 2 is 1.71 bits per heavy atom. The van der Waals surface area contributed by atoms with Gasteiger partial charge in [-0.25, -0.2) is 4.79 Å². The number of hydrogen-bond acceptors (Lipinski definition) is 6. The van der Waals surface area contributed by atoms with Gasteiger partial charge >= 0.3 is 5.97 Å². The maximum absolute atomic E-state index is 12.7. The zero-order valence-corrected chi connectivity index (χ0v) is 22.2. The third-order valence-corrected chi connectivity index (χ3v) is 7.12. The molecule has 38 heavy (non-hydrogen) atoms. The SMILES string of the molecule is N#CC1=C(N)Oc2cc(OC(=O)c3ccccc3Br)ccc2C1c1ccc(OCc2ccccc2Cl)cc1. The third-order valence-electron chi connectivity index (χ3n) is 6.06. The molecule has 0 aromatic heterocycles. The van der Waals surface area contributed by atoms with Crippen molar-refractivity contribution in [3.8, 4) is 23.3 Å². The Morgan fingerprint density at radius 1 is 1.00 bits per heavy atom. The summed E-state index contributed by atoms with van der Waals surface area (Å²) >= 11 is 9.58. The third kappa shape index (κ3) is 5.23. The normalized spacial score (nSPS) is 14.2. The summed E-state index contributed by atoms with van der Waals surface area (Å²) in [5, 5.41) is 10.5. The Balaban J connectivity index is 1.39. The topological polar surface area (TPSA) is 94.6 Å². The number of rotatable bonds is 6. The molecule has 4 aromatic rings. The summed E-state index contributed by atoms with van der Waals surface area (Å²) in [6.45, 7) is 0.330. The van der Waals surface area contributed by atoms with Crippen LogP contribution >= 0.6 is 27.5 Å². The van der Waals surface area contributed by atoms with Gasteiger partial charge in [0.1, 0.15) is 35.5 Å². The summed E-state index contributed by atoms with van der Waals surface area (Å²) in [5.41, 5.74) is 9.26. The van der Waals surface area contributed by atoms with Crippen LogP contribution in [0.3, 0.4) is 0 Å². The Morgan fingerprint density at radius 3 is 2.45 bits per heavy atom. The van der Waals surface area contributed by atoms with E-state index in [0.29, 0.717) is 44.5 Å². The van der Waals surface area contributed by atoms with Crippen LogP contribution in [0.5, 0.6) is 17.2 Å². The van der Waals surface area contributed by atoms with Crippen molar-refractivity contribution in [1.29, 1.82) is 5.26 Å². The van der Waals surface area contributed by atoms with E-state index in [0.717, 1.165) is 16.7 Å². The molecule has 8 heteroatoms. The van der Waals surface area contributed by atoms with E-state index >= 15 is 0 Å². The molecule has 1 atom stereocenters. The van der Waals surface area contributed by atoms with Crippen molar-refractivity contribution in [3.05, 3.63) is 134 Å². The van der Waals surface area contributed by atoms with Gasteiger partial charge in [-0.3, -0.25) is 0 Å². The molecule has 5 rings (SSSR count). The van der Waals surface area contributed by atoms with E-state index in [1.165, 1.54) is 0 Å². The fourth-order valence-corrected chi connectivity index (χ4v) is 4.80. The molecule has 1 unspecified atom stereocenters. The fraction of sp³-hybridized carbons (Fsp3) is 0.0667. The number of carbonyl (C=O) groups is 1. The predicted octanol–water partition coefficient (Wildman–Crippen LogP) is 7.12. The van der Waals surface area contributed by atoms with Crippen molar-refractivity contribution < 1.29 is 19.0 Å². The van der Waals surface area contributed by atoms with Gasteiger partial charge in [0.25, 0.3) is 0 Å². The number of benzene rings is 4. The molecule has 1 aliphatic heterocycles. The minimum atomic E-state index is -0.515. The quantitative estimate of drug-likeness (QED) is 0.191. The van der Waals surface area contributed by atoms with Crippen molar-refractivity contribution in [2.75, 3.05) is 0 Å². The van der Waals surface area contributed by atoms with Crippen LogP contribution in [0.2, 0.25) is 5.02 Å². The molecule has 1 aliphatic rings. The Labute approximate surface area is 233 Å². The smallest absolute Gasteiger partial charge is 0.344 e. The van der Waals surface area contributed by atoms with Gasteiger partial charge in [-0.2, -0.15) is 5.26 Å². The minimum absolute atomic E-state index is 0.00155. The molecule has 0 spiro atoms. The van der Waals surface area contributed by atoms with Crippen LogP contribution in [0.4, 0.5) is 0 Å². The maximum atomic E-state index is 12.7. The number of fused-ring (bicyclic) bond motifs is 1. The number of halogens is 2. The van der Waals surface area contributed by atoms with E-state index in [9.17, 15) is 10.1 Å². The van der Waals surface area contributed by atoms with Crippen molar-refractivity contribution in [3.63, 3.8) is 0 Å². The Kier molecular flexibility index (Phi) is 7.36. The molecular formula is C30H20BrClN2O4. The van der Waals surface area contributed by atoms with Crippen LogP contribution in [0.25, 0.3) is 0 Å². The lowest BCUT2D eigenvalue weighted by Gasteiger charge is -2.27. The molecule has 0 saturated heterocycles. The number of carbonyl (C=O) groups excluding carboxylic acids is 1. The minimum Gasteiger partial charge on any atom is -0.489 e. The van der Waals surface area contributed by atoms with Crippen molar-refractivity contribution >= 4 is 33.5 Å². The zero-order valence-electron chi connectivity index (χ0n) is 19.9. The lowest BCUT2D eigenvalue weighted by Crippen LogP contribution is -2.21. The molecule has 2 N–H and O–H groups in total. The average Bonchev–Trinajstić information content (AvgIpc) is 2.92. The Bertz CT molecular complexity index is 1590. The van der Waals surface area contributed by atoms with Gasteiger partial charge in [0.2, 0.25) is 5.88 Å². The van der Waals surface area contributed by atoms with Gasteiger partial charge in [-0.05, 0) is 57.9 Å². The molecule has 6 nitrogen and oxygen atoms in total. The second-order valence-corrected chi connectivity index (χ2v) is 9.70. The van der Waals surface area contributed by atoms with Gasteiger partial charge < -0.3 is 19.9 Å². The number of hydrogen-bond donors (Lipinski definition) is 1. The standard InChI is InChI=1S/C30H20BrClN2O4/c31-25-7-3-2-6-22(25)30(35)37-21-13-14-23-27(15-21)38-29(34)24(16-33)28(23)18-9-11-20(12-10-18)36-17-19-5-1-4-8-26(19)32/h1-15,28H,17,34H2. The zero-order chi connectivity index (χ0) is 26.6. The number of ether oxygens (including phenoxy) is 3. The number of allylic oxidation sites excluding steroid dienone is 1. The van der Waals surface area contributed by atoms with E-state index in [2.05, 4.69) is 22.0 Å². The van der Waals surface area contributed by atoms with Gasteiger partial charge in [0, 0.05) is 26.7 Å². The van der Waals surface area contributed by atoms with E-state index in [1.807, 2.05) is 54.6 Å². The number of nitriles is 1. The average molecular weight is 588 g/mol. The highest BCUT2D eigenvalue weighted by Gasteiger charge is 2.31. The molecule has 4 aromatic carbocycles. The summed E-state index contributed by atoms with van der Waals surface area (Å²) in [5.74, 6) is 0.375. The highest BCUT2D eigenvalue weighted by atomic mass is 79.9. The van der Waals surface area contributed by atoms with E-state index in [1.54, 1.807) is 36.4 Å². The predicted molar refractivity (Wildman–Crippen MR) is 147 cm³/mol. The van der Waals surface area contributed by atoms with Gasteiger partial charge in [-0.1, -0.05) is 60.1 Å². The van der Waals surface area contributed by atoms with Crippen LogP contribution in [-0.4, -0.2) is 5.97 Å². The van der Waals surface area contributed by atoms with Gasteiger partial charge in [0.15, 0.2) is 0 Å². The van der Waals surface area contributed by atoms with Gasteiger partial charge in [-0.15, -0.1) is 0 Å². The molecule has 0 bridgehead atoms. The molecule has 0 saturated carbocycles. The fourth-order valence-electron chi connectivity index (χ4n) is 4.16. The van der Waals surface area contributed by atoms with E-state index in [-0.39, 0.29) is 5.88 Å². The summed E-state index contributed by atoms with van der Waals surface area (Å²) in [7, 11) is 0. The number of nitrogens with zero attached hydrogens (tertiary/aromatic N) is 1. The van der Waals surface area contributed by atoms with Crippen LogP contribution < -0.4 is 19.9 Å². The largest absolute Gasteiger partial charge is 0.489 e. The first-order valence-corrected chi connectivity index (χ1v) is 12.8. The van der Waals surface area contributed by atoms with E-state index < -0.39 is 11.9 Å². The molecular weight excluding hydrogens is 568 g/mol.